The number of halogens is 3. The van der Waals surface area contributed by atoms with Gasteiger partial charge in [-0.25, -0.2) is 14.4 Å². The first kappa shape index (κ1) is 25.6. The standard InChI is InChI=1S/C22H21F3N8O4/c1-2-33-17-13(20(34)29-9-12(8-26)36-21(35)22(23,24)25)10-28-14(11-6-4-3-5-7-11)15(17)30-19(33)16-18(27)32-37-31-16/h3-7,10,12H,2,8-9,26H2,1H3,(H2,27,32)(H,29,34). The Balaban J connectivity index is 1.76. The van der Waals surface area contributed by atoms with E-state index in [1.54, 1.807) is 11.5 Å². The highest BCUT2D eigenvalue weighted by molar-refractivity contribution is 6.08. The van der Waals surface area contributed by atoms with Gasteiger partial charge in [0, 0.05) is 24.8 Å². The van der Waals surface area contributed by atoms with Gasteiger partial charge in [-0.05, 0) is 17.2 Å². The van der Waals surface area contributed by atoms with Crippen LogP contribution in [0.15, 0.2) is 41.2 Å². The maximum Gasteiger partial charge on any atom is 0.490 e. The summed E-state index contributed by atoms with van der Waals surface area (Å²) in [6.45, 7) is 1.22. The molecule has 1 atom stereocenters. The molecule has 1 aromatic carbocycles. The van der Waals surface area contributed by atoms with Crippen LogP contribution in [-0.2, 0) is 16.1 Å². The molecule has 3 aromatic heterocycles. The van der Waals surface area contributed by atoms with Crippen LogP contribution >= 0.6 is 0 Å². The molecule has 0 aliphatic carbocycles. The van der Waals surface area contributed by atoms with Gasteiger partial charge in [0.15, 0.2) is 17.3 Å². The van der Waals surface area contributed by atoms with Gasteiger partial charge in [-0.3, -0.25) is 9.78 Å². The van der Waals surface area contributed by atoms with Crippen LogP contribution in [0.5, 0.6) is 0 Å². The Morgan fingerprint density at radius 3 is 2.51 bits per heavy atom. The number of nitrogens with two attached hydrogens (primary N) is 2. The first-order valence-corrected chi connectivity index (χ1v) is 10.9. The summed E-state index contributed by atoms with van der Waals surface area (Å²) >= 11 is 0. The molecular weight excluding hydrogens is 497 g/mol. The summed E-state index contributed by atoms with van der Waals surface area (Å²) in [5, 5.41) is 9.85. The quantitative estimate of drug-likeness (QED) is 0.292. The molecule has 0 fully saturated rings. The van der Waals surface area contributed by atoms with Gasteiger partial charge in [0.05, 0.1) is 23.3 Å². The lowest BCUT2D eigenvalue weighted by Gasteiger charge is -2.18. The minimum Gasteiger partial charge on any atom is -0.452 e. The Morgan fingerprint density at radius 2 is 1.92 bits per heavy atom. The molecule has 0 saturated heterocycles. The monoisotopic (exact) mass is 518 g/mol. The zero-order chi connectivity index (χ0) is 26.7. The van der Waals surface area contributed by atoms with Crippen molar-refractivity contribution in [3.63, 3.8) is 0 Å². The molecule has 0 radical (unpaired) electrons. The summed E-state index contributed by atoms with van der Waals surface area (Å²) in [5.74, 6) is -2.84. The Hall–Kier alpha value is -4.53. The number of nitrogens with zero attached hydrogens (tertiary/aromatic N) is 5. The average Bonchev–Trinajstić information content (AvgIpc) is 3.48. The first-order valence-electron chi connectivity index (χ1n) is 10.9. The number of carbonyl (C=O) groups excluding carboxylic acids is 2. The van der Waals surface area contributed by atoms with Crippen molar-refractivity contribution in [1.29, 1.82) is 0 Å². The molecule has 1 amide bonds. The number of aromatic nitrogens is 5. The van der Waals surface area contributed by atoms with Gasteiger partial charge in [-0.1, -0.05) is 30.3 Å². The highest BCUT2D eigenvalue weighted by atomic mass is 19.4. The van der Waals surface area contributed by atoms with Gasteiger partial charge >= 0.3 is 12.1 Å². The first-order chi connectivity index (χ1) is 17.7. The van der Waals surface area contributed by atoms with Crippen LogP contribution in [-0.4, -0.2) is 62.1 Å². The molecular formula is C22H21F3N8O4. The third kappa shape index (κ3) is 5.06. The third-order valence-corrected chi connectivity index (χ3v) is 5.36. The van der Waals surface area contributed by atoms with E-state index in [-0.39, 0.29) is 22.9 Å². The fraction of sp³-hybridized carbons (Fsp3) is 0.273. The molecule has 0 saturated carbocycles. The van der Waals surface area contributed by atoms with Crippen LogP contribution < -0.4 is 16.8 Å². The molecule has 5 N–H and O–H groups in total. The fourth-order valence-electron chi connectivity index (χ4n) is 3.65. The van der Waals surface area contributed by atoms with Crippen molar-refractivity contribution in [2.24, 2.45) is 5.73 Å². The zero-order valence-electron chi connectivity index (χ0n) is 19.3. The molecule has 4 aromatic rings. The normalized spacial score (nSPS) is 12.5. The number of nitrogen functional groups attached to an aromatic ring is 1. The molecule has 15 heteroatoms. The number of imidazole rings is 1. The Bertz CT molecular complexity index is 1440. The summed E-state index contributed by atoms with van der Waals surface area (Å²) in [7, 11) is 0. The minimum atomic E-state index is -5.19. The van der Waals surface area contributed by atoms with Crippen LogP contribution in [0.4, 0.5) is 19.0 Å². The lowest BCUT2D eigenvalue weighted by atomic mass is 10.1. The van der Waals surface area contributed by atoms with Crippen molar-refractivity contribution >= 4 is 28.7 Å². The highest BCUT2D eigenvalue weighted by Crippen LogP contribution is 2.33. The molecule has 0 aliphatic heterocycles. The largest absolute Gasteiger partial charge is 0.490 e. The number of ether oxygens (including phenoxy) is 1. The number of hydrogen-bond donors (Lipinski definition) is 3. The number of alkyl halides is 3. The van der Waals surface area contributed by atoms with E-state index in [9.17, 15) is 22.8 Å². The van der Waals surface area contributed by atoms with E-state index in [2.05, 4.69) is 30.3 Å². The summed E-state index contributed by atoms with van der Waals surface area (Å²) in [6.07, 6.45) is -5.28. The fourth-order valence-corrected chi connectivity index (χ4v) is 3.65. The number of nitrogens with one attached hydrogen (secondary N) is 1. The van der Waals surface area contributed by atoms with Crippen molar-refractivity contribution in [3.05, 3.63) is 42.1 Å². The smallest absolute Gasteiger partial charge is 0.452 e. The third-order valence-electron chi connectivity index (χ3n) is 5.36. The molecule has 12 nitrogen and oxygen atoms in total. The molecule has 4 rings (SSSR count). The van der Waals surface area contributed by atoms with Gasteiger partial charge in [0.25, 0.3) is 5.91 Å². The van der Waals surface area contributed by atoms with Crippen LogP contribution in [0.3, 0.4) is 0 Å². The second-order valence-electron chi connectivity index (χ2n) is 7.73. The number of rotatable bonds is 8. The SMILES string of the molecule is CCn1c(-c2nonc2N)nc2c(-c3ccccc3)ncc(C(=O)NCC(CN)OC(=O)C(F)(F)F)c21. The molecule has 37 heavy (non-hydrogen) atoms. The van der Waals surface area contributed by atoms with E-state index >= 15 is 0 Å². The number of aryl methyl sites for hydroxylation is 1. The van der Waals surface area contributed by atoms with Crippen molar-refractivity contribution in [3.8, 4) is 22.8 Å². The second kappa shape index (κ2) is 10.2. The number of fused-ring (bicyclic) bond motifs is 1. The number of carbonyl (C=O) groups is 2. The summed E-state index contributed by atoms with van der Waals surface area (Å²) in [6, 6.07) is 9.10. The van der Waals surface area contributed by atoms with Gasteiger partial charge in [-0.15, -0.1) is 0 Å². The second-order valence-corrected chi connectivity index (χ2v) is 7.73. The number of amides is 1. The van der Waals surface area contributed by atoms with Gasteiger partial charge in [0.2, 0.25) is 0 Å². The average molecular weight is 518 g/mol. The van der Waals surface area contributed by atoms with Crippen LogP contribution in [0, 0.1) is 0 Å². The minimum absolute atomic E-state index is 0.0116. The van der Waals surface area contributed by atoms with Crippen molar-refractivity contribution in [1.82, 2.24) is 30.2 Å². The van der Waals surface area contributed by atoms with E-state index in [1.165, 1.54) is 6.20 Å². The van der Waals surface area contributed by atoms with Gasteiger partial charge in [-0.2, -0.15) is 13.2 Å². The molecule has 194 valence electrons. The lowest BCUT2D eigenvalue weighted by Crippen LogP contribution is -2.42. The Kier molecular flexibility index (Phi) is 7.06. The van der Waals surface area contributed by atoms with Crippen LogP contribution in [0.1, 0.15) is 17.3 Å². The van der Waals surface area contributed by atoms with Crippen LogP contribution in [0.25, 0.3) is 33.8 Å². The lowest BCUT2D eigenvalue weighted by molar-refractivity contribution is -0.204. The predicted octanol–water partition coefficient (Wildman–Crippen LogP) is 1.91. The maximum atomic E-state index is 13.2. The van der Waals surface area contributed by atoms with Crippen molar-refractivity contribution < 1.29 is 32.1 Å². The number of pyridine rings is 1. The molecule has 1 unspecified atom stereocenters. The highest BCUT2D eigenvalue weighted by Gasteiger charge is 2.42. The predicted molar refractivity (Wildman–Crippen MR) is 124 cm³/mol. The summed E-state index contributed by atoms with van der Waals surface area (Å²) < 4.78 is 48.4. The van der Waals surface area contributed by atoms with Crippen LogP contribution in [0.2, 0.25) is 0 Å². The van der Waals surface area contributed by atoms with E-state index < -0.39 is 37.2 Å². The summed E-state index contributed by atoms with van der Waals surface area (Å²) in [5.41, 5.74) is 13.4. The van der Waals surface area contributed by atoms with E-state index in [1.807, 2.05) is 30.3 Å². The Morgan fingerprint density at radius 1 is 1.19 bits per heavy atom. The number of hydrogen-bond acceptors (Lipinski definition) is 10. The zero-order valence-corrected chi connectivity index (χ0v) is 19.3. The number of esters is 1. The van der Waals surface area contributed by atoms with E-state index in [4.69, 9.17) is 16.1 Å². The van der Waals surface area contributed by atoms with E-state index in [0.29, 0.717) is 23.3 Å². The topological polar surface area (TPSA) is 177 Å². The molecule has 3 heterocycles. The summed E-state index contributed by atoms with van der Waals surface area (Å²) in [4.78, 5) is 33.4. The number of anilines is 1. The Labute approximate surface area is 206 Å². The molecule has 0 spiro atoms. The molecule has 0 bridgehead atoms. The van der Waals surface area contributed by atoms with Crippen molar-refractivity contribution in [2.45, 2.75) is 25.7 Å². The van der Waals surface area contributed by atoms with E-state index in [0.717, 1.165) is 5.56 Å². The number of benzene rings is 1. The van der Waals surface area contributed by atoms with Crippen molar-refractivity contribution in [2.75, 3.05) is 18.8 Å². The van der Waals surface area contributed by atoms with Gasteiger partial charge in [0.1, 0.15) is 11.6 Å². The molecule has 0 aliphatic rings. The van der Waals surface area contributed by atoms with Gasteiger partial charge < -0.3 is 26.1 Å². The maximum absolute atomic E-state index is 13.2.